The van der Waals surface area contributed by atoms with Crippen molar-refractivity contribution in [3.8, 4) is 0 Å². The number of benzene rings is 1. The average Bonchev–Trinajstić information content (AvgIpc) is 2.62. The number of hydrogen-bond donors (Lipinski definition) is 2. The summed E-state index contributed by atoms with van der Waals surface area (Å²) < 4.78 is 10.1. The molecule has 1 aromatic rings. The lowest BCUT2D eigenvalue weighted by molar-refractivity contribution is -0.895. The van der Waals surface area contributed by atoms with Crippen molar-refractivity contribution in [3.63, 3.8) is 0 Å². The van der Waals surface area contributed by atoms with E-state index in [1.165, 1.54) is 0 Å². The van der Waals surface area contributed by atoms with Crippen LogP contribution in [0.1, 0.15) is 31.1 Å². The van der Waals surface area contributed by atoms with E-state index in [1.54, 1.807) is 49.9 Å². The number of esters is 1. The summed E-state index contributed by atoms with van der Waals surface area (Å²) in [5.74, 6) is -0.487. The zero-order chi connectivity index (χ0) is 19.8. The molecule has 2 rings (SSSR count). The number of quaternary nitrogens is 1. The van der Waals surface area contributed by atoms with E-state index in [0.29, 0.717) is 50.6 Å². The first kappa shape index (κ1) is 20.7. The standard InChI is InChI=1S/C19H27N3O5/c1-4-26-19(25)22-11-9-21(10-12-22)13-17(23)20-16-7-5-15(6-8-16)18(24)27-14(2)3/h5-8,14H,4,9-13H2,1-3H3,(H,20,23)/p+1. The zero-order valence-corrected chi connectivity index (χ0v) is 16.1. The Balaban J connectivity index is 1.78. The molecule has 0 aliphatic carbocycles. The molecule has 0 saturated carbocycles. The Labute approximate surface area is 159 Å². The summed E-state index contributed by atoms with van der Waals surface area (Å²) in [5.41, 5.74) is 1.08. The summed E-state index contributed by atoms with van der Waals surface area (Å²) in [5, 5.41) is 2.83. The van der Waals surface area contributed by atoms with Gasteiger partial charge in [0.25, 0.3) is 5.91 Å². The lowest BCUT2D eigenvalue weighted by Crippen LogP contribution is -3.15. The van der Waals surface area contributed by atoms with Crippen LogP contribution in [0.4, 0.5) is 10.5 Å². The fourth-order valence-corrected chi connectivity index (χ4v) is 2.80. The molecule has 8 nitrogen and oxygen atoms in total. The highest BCUT2D eigenvalue weighted by Crippen LogP contribution is 2.11. The van der Waals surface area contributed by atoms with Gasteiger partial charge < -0.3 is 19.7 Å². The van der Waals surface area contributed by atoms with Crippen LogP contribution in [0.3, 0.4) is 0 Å². The highest BCUT2D eigenvalue weighted by Gasteiger charge is 2.25. The van der Waals surface area contributed by atoms with Gasteiger partial charge in [-0.15, -0.1) is 0 Å². The van der Waals surface area contributed by atoms with Gasteiger partial charge in [-0.2, -0.15) is 0 Å². The molecule has 1 heterocycles. The molecule has 8 heteroatoms. The second-order valence-corrected chi connectivity index (χ2v) is 6.69. The first-order chi connectivity index (χ1) is 12.9. The van der Waals surface area contributed by atoms with Crippen molar-refractivity contribution < 1.29 is 28.8 Å². The van der Waals surface area contributed by atoms with Crippen LogP contribution in [0, 0.1) is 0 Å². The maximum atomic E-state index is 12.2. The summed E-state index contributed by atoms with van der Waals surface area (Å²) in [7, 11) is 0. The number of nitrogens with zero attached hydrogens (tertiary/aromatic N) is 1. The van der Waals surface area contributed by atoms with Gasteiger partial charge in [-0.1, -0.05) is 0 Å². The third-order valence-electron chi connectivity index (χ3n) is 4.15. The van der Waals surface area contributed by atoms with Gasteiger partial charge in [0, 0.05) is 5.69 Å². The van der Waals surface area contributed by atoms with Gasteiger partial charge in [0.1, 0.15) is 0 Å². The molecule has 0 radical (unpaired) electrons. The Kier molecular flexibility index (Phi) is 7.60. The van der Waals surface area contributed by atoms with Crippen molar-refractivity contribution >= 4 is 23.7 Å². The number of anilines is 1. The van der Waals surface area contributed by atoms with Gasteiger partial charge in [0.15, 0.2) is 6.54 Å². The lowest BCUT2D eigenvalue weighted by Gasteiger charge is -2.31. The Morgan fingerprint density at radius 3 is 2.33 bits per heavy atom. The molecule has 1 saturated heterocycles. The summed E-state index contributed by atoms with van der Waals surface area (Å²) in [6, 6.07) is 6.63. The minimum absolute atomic E-state index is 0.105. The number of rotatable bonds is 6. The maximum Gasteiger partial charge on any atom is 0.410 e. The second-order valence-electron chi connectivity index (χ2n) is 6.69. The van der Waals surface area contributed by atoms with Gasteiger partial charge >= 0.3 is 12.1 Å². The Bertz CT molecular complexity index is 652. The normalized spacial score (nSPS) is 14.7. The molecule has 0 unspecified atom stereocenters. The van der Waals surface area contributed by atoms with Gasteiger partial charge in [-0.3, -0.25) is 9.69 Å². The number of piperazine rings is 1. The van der Waals surface area contributed by atoms with E-state index in [-0.39, 0.29) is 24.1 Å². The zero-order valence-electron chi connectivity index (χ0n) is 16.1. The highest BCUT2D eigenvalue weighted by molar-refractivity contribution is 5.93. The number of hydrogen-bond acceptors (Lipinski definition) is 5. The molecule has 1 aromatic carbocycles. The van der Waals surface area contributed by atoms with E-state index < -0.39 is 0 Å². The summed E-state index contributed by atoms with van der Waals surface area (Å²) in [6.45, 7) is 8.61. The molecule has 1 aliphatic heterocycles. The maximum absolute atomic E-state index is 12.2. The van der Waals surface area contributed by atoms with Crippen LogP contribution in [0.2, 0.25) is 0 Å². The van der Waals surface area contributed by atoms with E-state index in [0.717, 1.165) is 4.90 Å². The monoisotopic (exact) mass is 378 g/mol. The molecular formula is C19H28N3O5+. The molecule has 1 fully saturated rings. The summed E-state index contributed by atoms with van der Waals surface area (Å²) >= 11 is 0. The number of carbonyl (C=O) groups is 3. The van der Waals surface area contributed by atoms with Crippen LogP contribution in [0.25, 0.3) is 0 Å². The van der Waals surface area contributed by atoms with Crippen molar-refractivity contribution in [2.24, 2.45) is 0 Å². The summed E-state index contributed by atoms with van der Waals surface area (Å²) in [6.07, 6.45) is -0.471. The van der Waals surface area contributed by atoms with Gasteiger partial charge in [-0.25, -0.2) is 9.59 Å². The predicted octanol–water partition coefficient (Wildman–Crippen LogP) is 0.547. The minimum Gasteiger partial charge on any atom is -0.459 e. The van der Waals surface area contributed by atoms with E-state index in [9.17, 15) is 14.4 Å². The SMILES string of the molecule is CCOC(=O)N1CC[NH+](CC(=O)Nc2ccc(C(=O)OC(C)C)cc2)CC1. The first-order valence-electron chi connectivity index (χ1n) is 9.25. The predicted molar refractivity (Wildman–Crippen MR) is 99.8 cm³/mol. The lowest BCUT2D eigenvalue weighted by atomic mass is 10.2. The third kappa shape index (κ3) is 6.56. The molecule has 0 aromatic heterocycles. The van der Waals surface area contributed by atoms with Crippen molar-refractivity contribution in [2.75, 3.05) is 44.6 Å². The quantitative estimate of drug-likeness (QED) is 0.706. The van der Waals surface area contributed by atoms with Gasteiger partial charge in [0.05, 0.1) is 44.5 Å². The first-order valence-corrected chi connectivity index (χ1v) is 9.25. The van der Waals surface area contributed by atoms with Crippen molar-refractivity contribution in [1.82, 2.24) is 4.90 Å². The molecule has 0 spiro atoms. The summed E-state index contributed by atoms with van der Waals surface area (Å²) in [4.78, 5) is 38.5. The molecular weight excluding hydrogens is 350 g/mol. The fourth-order valence-electron chi connectivity index (χ4n) is 2.80. The topological polar surface area (TPSA) is 89.4 Å². The average molecular weight is 378 g/mol. The molecule has 0 bridgehead atoms. The number of ether oxygens (including phenoxy) is 2. The molecule has 148 valence electrons. The molecule has 0 atom stereocenters. The number of nitrogens with one attached hydrogen (secondary N) is 2. The van der Waals surface area contributed by atoms with Crippen molar-refractivity contribution in [1.29, 1.82) is 0 Å². The largest absolute Gasteiger partial charge is 0.459 e. The van der Waals surface area contributed by atoms with E-state index in [4.69, 9.17) is 9.47 Å². The second kappa shape index (κ2) is 9.91. The van der Waals surface area contributed by atoms with Gasteiger partial charge in [-0.05, 0) is 45.0 Å². The third-order valence-corrected chi connectivity index (χ3v) is 4.15. The van der Waals surface area contributed by atoms with E-state index in [2.05, 4.69) is 5.32 Å². The Hall–Kier alpha value is -2.61. The van der Waals surface area contributed by atoms with E-state index in [1.807, 2.05) is 0 Å². The number of carbonyl (C=O) groups excluding carboxylic acids is 3. The smallest absolute Gasteiger partial charge is 0.410 e. The Morgan fingerprint density at radius 1 is 1.15 bits per heavy atom. The van der Waals surface area contributed by atoms with Crippen LogP contribution < -0.4 is 10.2 Å². The van der Waals surface area contributed by atoms with Crippen LogP contribution in [-0.2, 0) is 14.3 Å². The molecule has 2 N–H and O–H groups in total. The molecule has 27 heavy (non-hydrogen) atoms. The van der Waals surface area contributed by atoms with Crippen molar-refractivity contribution in [2.45, 2.75) is 26.9 Å². The van der Waals surface area contributed by atoms with Crippen LogP contribution in [0.5, 0.6) is 0 Å². The van der Waals surface area contributed by atoms with Crippen LogP contribution in [0.15, 0.2) is 24.3 Å². The highest BCUT2D eigenvalue weighted by atomic mass is 16.6. The van der Waals surface area contributed by atoms with Crippen LogP contribution >= 0.6 is 0 Å². The number of amides is 2. The van der Waals surface area contributed by atoms with E-state index >= 15 is 0 Å². The minimum atomic E-state index is -0.383. The molecule has 1 aliphatic rings. The molecule has 2 amide bonds. The van der Waals surface area contributed by atoms with Gasteiger partial charge in [0.2, 0.25) is 0 Å². The van der Waals surface area contributed by atoms with Crippen molar-refractivity contribution in [3.05, 3.63) is 29.8 Å². The fraction of sp³-hybridized carbons (Fsp3) is 0.526. The Morgan fingerprint density at radius 2 is 1.78 bits per heavy atom. The van der Waals surface area contributed by atoms with Crippen LogP contribution in [-0.4, -0.2) is 68.3 Å².